The Hall–Kier alpha value is -7.99. The maximum Gasteiger partial charge on any atom is 0.121 e. The predicted molar refractivity (Wildman–Crippen MR) is 270 cm³/mol. The van der Waals surface area contributed by atoms with Gasteiger partial charge in [0.25, 0.3) is 0 Å². The lowest BCUT2D eigenvalue weighted by atomic mass is 9.91. The first-order valence-corrected chi connectivity index (χ1v) is 21.5. The van der Waals surface area contributed by atoms with Crippen LogP contribution >= 0.6 is 12.8 Å². The minimum absolute atomic E-state index is 0.304. The molecule has 9 aromatic carbocycles. The summed E-state index contributed by atoms with van der Waals surface area (Å²) in [5.41, 5.74) is 15.5. The molecule has 298 valence electrons. The summed E-state index contributed by atoms with van der Waals surface area (Å²) in [5, 5.41) is 14.5. The molecule has 0 saturated heterocycles. The zero-order valence-electron chi connectivity index (χ0n) is 34.2. The van der Waals surface area contributed by atoms with Crippen molar-refractivity contribution in [2.45, 2.75) is 0 Å². The highest BCUT2D eigenvalue weighted by Gasteiger charge is 2.28. The van der Waals surface area contributed by atoms with Crippen LogP contribution in [0, 0.1) is 5.41 Å². The van der Waals surface area contributed by atoms with Gasteiger partial charge >= 0.3 is 0 Å². The second-order valence-electron chi connectivity index (χ2n) is 15.8. The Morgan fingerprint density at radius 3 is 1.51 bits per heavy atom. The van der Waals surface area contributed by atoms with Gasteiger partial charge in [0.1, 0.15) is 5.71 Å². The number of benzene rings is 9. The lowest BCUT2D eigenvalue weighted by Crippen LogP contribution is -2.30. The van der Waals surface area contributed by atoms with Crippen LogP contribution in [0.5, 0.6) is 0 Å². The van der Waals surface area contributed by atoms with Crippen molar-refractivity contribution in [1.29, 1.82) is 5.41 Å². The van der Waals surface area contributed by atoms with Crippen molar-refractivity contribution in [3.8, 4) is 39.1 Å². The molecule has 10 aromatic rings. The van der Waals surface area contributed by atoms with Crippen molar-refractivity contribution in [2.75, 3.05) is 4.90 Å². The fourth-order valence-corrected chi connectivity index (χ4v) is 9.27. The molecule has 0 unspecified atom stereocenters. The van der Waals surface area contributed by atoms with Crippen LogP contribution in [-0.4, -0.2) is 16.0 Å². The molecule has 4 nitrogen and oxygen atoms in total. The number of anilines is 2. The van der Waals surface area contributed by atoms with Crippen molar-refractivity contribution in [3.05, 3.63) is 242 Å². The van der Waals surface area contributed by atoms with E-state index in [2.05, 4.69) is 239 Å². The molecule has 1 heterocycles. The van der Waals surface area contributed by atoms with E-state index < -0.39 is 0 Å². The quantitative estimate of drug-likeness (QED) is 0.116. The molecule has 1 N–H and O–H groups in total. The molecule has 0 amide bonds. The van der Waals surface area contributed by atoms with E-state index in [1.54, 1.807) is 0 Å². The van der Waals surface area contributed by atoms with E-state index in [0.29, 0.717) is 11.4 Å². The molecule has 11 rings (SSSR count). The minimum Gasteiger partial charge on any atom is -0.309 e. The summed E-state index contributed by atoms with van der Waals surface area (Å²) in [6.07, 6.45) is 4.10. The topological polar surface area (TPSA) is 44.4 Å². The average Bonchev–Trinajstić information content (AvgIpc) is 3.70. The molecule has 5 heteroatoms. The third kappa shape index (κ3) is 6.85. The highest BCUT2D eigenvalue weighted by Crippen LogP contribution is 2.40. The third-order valence-electron chi connectivity index (χ3n) is 12.2. The Kier molecular flexibility index (Phi) is 9.72. The zero-order valence-corrected chi connectivity index (χ0v) is 35.1. The van der Waals surface area contributed by atoms with Crippen LogP contribution in [0.25, 0.3) is 77.2 Å². The summed E-state index contributed by atoms with van der Waals surface area (Å²) in [6.45, 7) is 0. The van der Waals surface area contributed by atoms with Crippen molar-refractivity contribution >= 4 is 73.8 Å². The first-order valence-electron chi connectivity index (χ1n) is 21.1. The molecule has 0 aliphatic heterocycles. The molecule has 1 aromatic heterocycles. The average molecular weight is 825 g/mol. The van der Waals surface area contributed by atoms with E-state index in [1.807, 2.05) is 18.2 Å². The van der Waals surface area contributed by atoms with Gasteiger partial charge in [0.05, 0.1) is 22.4 Å². The first kappa shape index (κ1) is 38.0. The maximum absolute atomic E-state index is 9.64. The molecular formula is C58H40N4S. The van der Waals surface area contributed by atoms with Crippen molar-refractivity contribution < 1.29 is 0 Å². The smallest absolute Gasteiger partial charge is 0.121 e. The van der Waals surface area contributed by atoms with Crippen LogP contribution in [0.1, 0.15) is 5.56 Å². The molecule has 0 fully saturated rings. The van der Waals surface area contributed by atoms with Crippen LogP contribution in [0.15, 0.2) is 241 Å². The highest BCUT2D eigenvalue weighted by atomic mass is 32.1. The van der Waals surface area contributed by atoms with Gasteiger partial charge in [-0.15, -0.1) is 0 Å². The van der Waals surface area contributed by atoms with E-state index >= 15 is 0 Å². The molecule has 63 heavy (non-hydrogen) atoms. The molecular weight excluding hydrogens is 785 g/mol. The van der Waals surface area contributed by atoms with Crippen molar-refractivity contribution in [3.63, 3.8) is 0 Å². The Bertz CT molecular complexity index is 3340. The lowest BCUT2D eigenvalue weighted by molar-refractivity contribution is 1.18. The number of hydrogen-bond donors (Lipinski definition) is 2. The summed E-state index contributed by atoms with van der Waals surface area (Å²) in [4.78, 5) is 2.17. The Labute approximate surface area is 372 Å². The molecule has 0 bridgehead atoms. The van der Waals surface area contributed by atoms with Crippen LogP contribution in [0.4, 0.5) is 11.4 Å². The van der Waals surface area contributed by atoms with Crippen LogP contribution in [0.3, 0.4) is 0 Å². The van der Waals surface area contributed by atoms with Gasteiger partial charge in [-0.2, -0.15) is 0 Å². The normalized spacial score (nSPS) is 13.4. The SMILES string of the molecule is N=C1C(c2ccc(-n3c4ccc(-c5ccccc5)cc4c4c5ccccc5ccc43)cc2)=CC=C(N(c2ccc(-c3ccccc3)cc2)c2ccc(-c3ccccc3)cc2)C1=NS. The monoisotopic (exact) mass is 824 g/mol. The van der Waals surface area contributed by atoms with Gasteiger partial charge in [0, 0.05) is 33.4 Å². The molecule has 0 saturated carbocycles. The van der Waals surface area contributed by atoms with E-state index in [-0.39, 0.29) is 0 Å². The summed E-state index contributed by atoms with van der Waals surface area (Å²) >= 11 is 4.51. The summed E-state index contributed by atoms with van der Waals surface area (Å²) in [6, 6.07) is 76.9. The number of nitrogens with one attached hydrogen (secondary N) is 1. The predicted octanol–water partition coefficient (Wildman–Crippen LogP) is 15.4. The first-order chi connectivity index (χ1) is 31.1. The van der Waals surface area contributed by atoms with Gasteiger partial charge in [0.15, 0.2) is 0 Å². The zero-order chi connectivity index (χ0) is 42.3. The molecule has 1 aliphatic carbocycles. The number of rotatable bonds is 8. The highest BCUT2D eigenvalue weighted by molar-refractivity contribution is 7.79. The summed E-state index contributed by atoms with van der Waals surface area (Å²) in [5.74, 6) is 0. The molecule has 1 aliphatic rings. The molecule has 0 spiro atoms. The minimum atomic E-state index is 0.304. The van der Waals surface area contributed by atoms with Crippen molar-refractivity contribution in [1.82, 2.24) is 4.57 Å². The fourth-order valence-electron chi connectivity index (χ4n) is 9.07. The summed E-state index contributed by atoms with van der Waals surface area (Å²) in [7, 11) is 0. The van der Waals surface area contributed by atoms with Gasteiger partial charge in [-0.25, -0.2) is 4.40 Å². The number of aromatic nitrogens is 1. The van der Waals surface area contributed by atoms with Gasteiger partial charge in [-0.1, -0.05) is 164 Å². The van der Waals surface area contributed by atoms with Crippen molar-refractivity contribution in [2.24, 2.45) is 4.40 Å². The fraction of sp³-hybridized carbons (Fsp3) is 0. The standard InChI is InChI=1S/C58H40N4S/c59-57-51(45-24-32-49(33-25-45)62-53-35-27-46(41-16-8-3-9-17-41)38-52(53)56-50-19-11-10-18-44(50)26-36-54(56)62)34-37-55(58(57)60-63)61(47-28-20-42(21-29-47)39-12-4-1-5-13-39)48-30-22-43(23-31-48)40-14-6-2-7-15-40/h1-38,59,63H. The molecule has 0 radical (unpaired) electrons. The van der Waals surface area contributed by atoms with E-state index in [4.69, 9.17) is 0 Å². The lowest BCUT2D eigenvalue weighted by Gasteiger charge is -2.31. The van der Waals surface area contributed by atoms with Gasteiger partial charge in [-0.05, 0) is 129 Å². The maximum atomic E-state index is 9.64. The van der Waals surface area contributed by atoms with Crippen LogP contribution < -0.4 is 4.90 Å². The van der Waals surface area contributed by atoms with E-state index in [0.717, 1.165) is 67.2 Å². The van der Waals surface area contributed by atoms with Gasteiger partial charge in [0.2, 0.25) is 0 Å². The number of allylic oxidation sites excluding steroid dienone is 4. The van der Waals surface area contributed by atoms with Gasteiger partial charge in [-0.3, -0.25) is 5.41 Å². The number of hydrogen-bond acceptors (Lipinski definition) is 4. The second kappa shape index (κ2) is 16.1. The Balaban J connectivity index is 0.991. The Morgan fingerprint density at radius 2 is 0.921 bits per heavy atom. The van der Waals surface area contributed by atoms with Crippen LogP contribution in [0.2, 0.25) is 0 Å². The number of thiol groups is 1. The number of nitrogens with zero attached hydrogens (tertiary/aromatic N) is 3. The Morgan fingerprint density at radius 1 is 0.429 bits per heavy atom. The van der Waals surface area contributed by atoms with E-state index in [1.165, 1.54) is 32.7 Å². The summed E-state index contributed by atoms with van der Waals surface area (Å²) < 4.78 is 6.86. The van der Waals surface area contributed by atoms with Gasteiger partial charge < -0.3 is 9.47 Å². The largest absolute Gasteiger partial charge is 0.309 e. The van der Waals surface area contributed by atoms with E-state index in [9.17, 15) is 5.41 Å². The number of fused-ring (bicyclic) bond motifs is 5. The third-order valence-corrected chi connectivity index (χ3v) is 12.4. The second-order valence-corrected chi connectivity index (χ2v) is 16.0. The molecule has 0 atom stereocenters. The van der Waals surface area contributed by atoms with Crippen LogP contribution in [-0.2, 0) is 0 Å².